The van der Waals surface area contributed by atoms with Crippen LogP contribution in [0.15, 0.2) is 47.3 Å². The van der Waals surface area contributed by atoms with E-state index in [-0.39, 0.29) is 23.1 Å². The van der Waals surface area contributed by atoms with E-state index in [1.165, 1.54) is 12.5 Å². The average Bonchev–Trinajstić information content (AvgIpc) is 3.07. The highest BCUT2D eigenvalue weighted by molar-refractivity contribution is 9.10. The lowest BCUT2D eigenvalue weighted by Gasteiger charge is -2.10. The van der Waals surface area contributed by atoms with Crippen LogP contribution in [0.1, 0.15) is 17.3 Å². The van der Waals surface area contributed by atoms with Crippen LogP contribution in [0.3, 0.4) is 0 Å². The summed E-state index contributed by atoms with van der Waals surface area (Å²) < 4.78 is 35.9. The van der Waals surface area contributed by atoms with E-state index in [1.807, 2.05) is 0 Å². The van der Waals surface area contributed by atoms with Crippen molar-refractivity contribution >= 4 is 43.8 Å². The van der Waals surface area contributed by atoms with Gasteiger partial charge in [-0.2, -0.15) is 0 Å². The number of ether oxygens (including phenoxy) is 1. The summed E-state index contributed by atoms with van der Waals surface area (Å²) in [5.74, 6) is -1.73. The van der Waals surface area contributed by atoms with Crippen molar-refractivity contribution in [2.24, 2.45) is 0 Å². The quantitative estimate of drug-likeness (QED) is 0.437. The Balaban J connectivity index is 2.03. The van der Waals surface area contributed by atoms with Crippen LogP contribution in [0, 0.1) is 11.6 Å². The molecule has 0 saturated heterocycles. The number of hydrogen-bond donors (Lipinski definition) is 0. The first-order valence-electron chi connectivity index (χ1n) is 8.08. The zero-order valence-electron chi connectivity index (χ0n) is 14.0. The summed E-state index contributed by atoms with van der Waals surface area (Å²) in [5, 5.41) is 0.0365. The van der Waals surface area contributed by atoms with Crippen molar-refractivity contribution < 1.29 is 18.3 Å². The van der Waals surface area contributed by atoms with E-state index >= 15 is 0 Å². The molecule has 2 aromatic carbocycles. The van der Waals surface area contributed by atoms with Crippen LogP contribution in [0.2, 0.25) is 0 Å². The molecule has 0 aliphatic carbocycles. The van der Waals surface area contributed by atoms with Crippen LogP contribution in [-0.2, 0) is 4.74 Å². The molecule has 5 nitrogen and oxygen atoms in total. The largest absolute Gasteiger partial charge is 0.462 e. The van der Waals surface area contributed by atoms with Crippen LogP contribution in [0.5, 0.6) is 0 Å². The first-order chi connectivity index (χ1) is 13.0. The van der Waals surface area contributed by atoms with E-state index in [2.05, 4.69) is 25.9 Å². The second-order valence-electron chi connectivity index (χ2n) is 5.74. The molecular formula is C19H12BrF2N3O2. The van der Waals surface area contributed by atoms with Gasteiger partial charge in [-0.15, -0.1) is 0 Å². The van der Waals surface area contributed by atoms with Crippen molar-refractivity contribution in [3.8, 4) is 5.69 Å². The Morgan fingerprint density at radius 3 is 2.70 bits per heavy atom. The summed E-state index contributed by atoms with van der Waals surface area (Å²) in [6.45, 7) is 1.94. The van der Waals surface area contributed by atoms with Crippen molar-refractivity contribution in [3.63, 3.8) is 0 Å². The van der Waals surface area contributed by atoms with Crippen LogP contribution < -0.4 is 0 Å². The lowest BCUT2D eigenvalue weighted by atomic mass is 10.1. The average molecular weight is 432 g/mol. The number of hydrogen-bond acceptors (Lipinski definition) is 4. The minimum absolute atomic E-state index is 0.0365. The maximum atomic E-state index is 14.5. The van der Waals surface area contributed by atoms with Gasteiger partial charge in [0.05, 0.1) is 28.8 Å². The van der Waals surface area contributed by atoms with E-state index in [0.717, 1.165) is 12.1 Å². The number of benzene rings is 2. The van der Waals surface area contributed by atoms with Gasteiger partial charge in [0.25, 0.3) is 0 Å². The first kappa shape index (κ1) is 17.5. The molecule has 0 saturated carbocycles. The van der Waals surface area contributed by atoms with E-state index in [1.54, 1.807) is 29.7 Å². The summed E-state index contributed by atoms with van der Waals surface area (Å²) >= 11 is 3.37. The summed E-state index contributed by atoms with van der Waals surface area (Å²) in [5.41, 5.74) is 1.52. The molecule has 4 rings (SSSR count). The van der Waals surface area contributed by atoms with Gasteiger partial charge < -0.3 is 4.74 Å². The van der Waals surface area contributed by atoms with Crippen molar-refractivity contribution in [1.29, 1.82) is 0 Å². The van der Waals surface area contributed by atoms with Gasteiger partial charge in [-0.3, -0.25) is 9.55 Å². The minimum atomic E-state index is -0.619. The molecule has 0 amide bonds. The van der Waals surface area contributed by atoms with Gasteiger partial charge in [0, 0.05) is 10.7 Å². The van der Waals surface area contributed by atoms with Crippen molar-refractivity contribution in [2.45, 2.75) is 6.92 Å². The molecule has 2 aromatic heterocycles. The van der Waals surface area contributed by atoms with Crippen molar-refractivity contribution in [2.75, 3.05) is 6.61 Å². The van der Waals surface area contributed by atoms with Gasteiger partial charge in [-0.05, 0) is 37.3 Å². The molecule has 2 heterocycles. The predicted molar refractivity (Wildman–Crippen MR) is 99.9 cm³/mol. The number of carbonyl (C=O) groups excluding carboxylic acids is 1. The normalized spacial score (nSPS) is 11.3. The zero-order valence-corrected chi connectivity index (χ0v) is 15.6. The molecule has 4 aromatic rings. The molecule has 27 heavy (non-hydrogen) atoms. The molecule has 0 unspecified atom stereocenters. The molecular weight excluding hydrogens is 420 g/mol. The number of imidazole rings is 1. The second-order valence-corrected chi connectivity index (χ2v) is 6.65. The van der Waals surface area contributed by atoms with Crippen molar-refractivity contribution in [1.82, 2.24) is 14.5 Å². The first-order valence-corrected chi connectivity index (χ1v) is 8.87. The van der Waals surface area contributed by atoms with E-state index < -0.39 is 17.6 Å². The zero-order chi connectivity index (χ0) is 19.1. The number of pyridine rings is 1. The van der Waals surface area contributed by atoms with Crippen LogP contribution >= 0.6 is 15.9 Å². The van der Waals surface area contributed by atoms with Crippen LogP contribution in [0.4, 0.5) is 8.78 Å². The van der Waals surface area contributed by atoms with Gasteiger partial charge in [-0.25, -0.2) is 18.6 Å². The lowest BCUT2D eigenvalue weighted by molar-refractivity contribution is 0.0528. The summed E-state index contributed by atoms with van der Waals surface area (Å²) in [4.78, 5) is 20.5. The Morgan fingerprint density at radius 2 is 1.93 bits per heavy atom. The molecule has 0 atom stereocenters. The van der Waals surface area contributed by atoms with Gasteiger partial charge in [-0.1, -0.05) is 15.9 Å². The minimum Gasteiger partial charge on any atom is -0.462 e. The topological polar surface area (TPSA) is 57.0 Å². The van der Waals surface area contributed by atoms with Crippen molar-refractivity contribution in [3.05, 3.63) is 64.5 Å². The molecule has 0 aliphatic rings. The second kappa shape index (κ2) is 6.70. The maximum absolute atomic E-state index is 14.5. The molecule has 0 radical (unpaired) electrons. The Hall–Kier alpha value is -2.87. The SMILES string of the molecule is CCOC(=O)c1cc(Br)cc2c1ncn2-c1ccnc2c(F)ccc(F)c12. The molecule has 0 aliphatic heterocycles. The standard InChI is InChI=1S/C19H12BrF2N3O2/c1-2-27-19(26)11-7-10(20)8-15-17(11)24-9-25(15)14-5-6-23-18-13(22)4-3-12(21)16(14)18/h3-9H,2H2,1H3. The number of rotatable bonds is 3. The third-order valence-corrected chi connectivity index (χ3v) is 4.60. The molecule has 0 N–H and O–H groups in total. The summed E-state index contributed by atoms with van der Waals surface area (Å²) in [6, 6.07) is 7.02. The van der Waals surface area contributed by atoms with Crippen LogP contribution in [-0.4, -0.2) is 27.1 Å². The fraction of sp³-hybridized carbons (Fsp3) is 0.105. The number of nitrogens with zero attached hydrogens (tertiary/aromatic N) is 3. The maximum Gasteiger partial charge on any atom is 0.340 e. The Kier molecular flexibility index (Phi) is 4.35. The number of carbonyl (C=O) groups is 1. The monoisotopic (exact) mass is 431 g/mol. The lowest BCUT2D eigenvalue weighted by Crippen LogP contribution is -2.06. The predicted octanol–water partition coefficient (Wildman–Crippen LogP) is 4.79. The number of esters is 1. The number of halogens is 3. The van der Waals surface area contributed by atoms with E-state index in [0.29, 0.717) is 21.2 Å². The highest BCUT2D eigenvalue weighted by Crippen LogP contribution is 2.31. The van der Waals surface area contributed by atoms with Gasteiger partial charge in [0.1, 0.15) is 29.0 Å². The number of aromatic nitrogens is 3. The van der Waals surface area contributed by atoms with Gasteiger partial charge >= 0.3 is 5.97 Å². The Morgan fingerprint density at radius 1 is 1.15 bits per heavy atom. The van der Waals surface area contributed by atoms with Gasteiger partial charge in [0.2, 0.25) is 0 Å². The third-order valence-electron chi connectivity index (χ3n) is 4.14. The fourth-order valence-electron chi connectivity index (χ4n) is 3.02. The Labute approximate surface area is 160 Å². The molecule has 0 fully saturated rings. The smallest absolute Gasteiger partial charge is 0.340 e. The molecule has 0 spiro atoms. The fourth-order valence-corrected chi connectivity index (χ4v) is 3.46. The van der Waals surface area contributed by atoms with Gasteiger partial charge in [0.15, 0.2) is 0 Å². The molecule has 0 bridgehead atoms. The summed E-state index contributed by atoms with van der Waals surface area (Å²) in [6.07, 6.45) is 2.86. The Bertz CT molecular complexity index is 1210. The molecule has 8 heteroatoms. The highest BCUT2D eigenvalue weighted by atomic mass is 79.9. The van der Waals surface area contributed by atoms with E-state index in [4.69, 9.17) is 4.74 Å². The number of fused-ring (bicyclic) bond motifs is 2. The highest BCUT2D eigenvalue weighted by Gasteiger charge is 2.19. The van der Waals surface area contributed by atoms with Crippen LogP contribution in [0.25, 0.3) is 27.6 Å². The molecule has 136 valence electrons. The van der Waals surface area contributed by atoms with E-state index in [9.17, 15) is 13.6 Å². The summed E-state index contributed by atoms with van der Waals surface area (Å²) in [7, 11) is 0. The third kappa shape index (κ3) is 2.86.